The number of fused-ring (bicyclic) bond motifs is 1. The Morgan fingerprint density at radius 2 is 1.77 bits per heavy atom. The van der Waals surface area contributed by atoms with E-state index in [4.69, 9.17) is 9.15 Å². The Hall–Kier alpha value is -3.08. The van der Waals surface area contributed by atoms with E-state index in [0.29, 0.717) is 5.56 Å². The highest BCUT2D eigenvalue weighted by Crippen LogP contribution is 2.31. The van der Waals surface area contributed by atoms with Crippen molar-refractivity contribution >= 4 is 11.0 Å². The maximum atomic E-state index is 12.2. The first-order valence-corrected chi connectivity index (χ1v) is 6.55. The fraction of sp³-hybridized carbons (Fsp3) is 0.0588. The summed E-state index contributed by atoms with van der Waals surface area (Å²) in [7, 11) is 1.42. The van der Waals surface area contributed by atoms with Crippen molar-refractivity contribution in [3.05, 3.63) is 69.0 Å². The molecular weight excluding hydrogens is 284 g/mol. The third-order valence-electron chi connectivity index (χ3n) is 3.29. The van der Waals surface area contributed by atoms with Crippen molar-refractivity contribution in [3.8, 4) is 22.8 Å². The maximum absolute atomic E-state index is 12.2. The molecule has 5 nitrogen and oxygen atoms in total. The molecule has 0 radical (unpaired) electrons. The summed E-state index contributed by atoms with van der Waals surface area (Å²) in [6.45, 7) is 0. The van der Waals surface area contributed by atoms with E-state index >= 15 is 0 Å². The van der Waals surface area contributed by atoms with E-state index in [1.807, 2.05) is 0 Å². The molecule has 0 aliphatic rings. The average Bonchev–Trinajstić information content (AvgIpc) is 2.70. The lowest BCUT2D eigenvalue weighted by atomic mass is 10.1. The van der Waals surface area contributed by atoms with E-state index in [2.05, 4.69) is 0 Å². The molecule has 0 aliphatic heterocycles. The molecule has 5 heteroatoms. The molecule has 0 saturated carbocycles. The van der Waals surface area contributed by atoms with Gasteiger partial charge in [-0.15, -0.1) is 0 Å². The highest BCUT2D eigenvalue weighted by molar-refractivity contribution is 5.78. The van der Waals surface area contributed by atoms with Crippen LogP contribution in [0.25, 0.3) is 22.3 Å². The molecule has 1 N–H and O–H groups in total. The molecular formula is C17H12O5. The summed E-state index contributed by atoms with van der Waals surface area (Å²) in [4.78, 5) is 24.2. The van der Waals surface area contributed by atoms with Crippen LogP contribution in [0, 0.1) is 0 Å². The topological polar surface area (TPSA) is 76.7 Å². The molecule has 1 aromatic heterocycles. The monoisotopic (exact) mass is 296 g/mol. The molecule has 0 amide bonds. The van der Waals surface area contributed by atoms with Gasteiger partial charge >= 0.3 is 0 Å². The van der Waals surface area contributed by atoms with E-state index in [0.717, 1.165) is 0 Å². The fourth-order valence-corrected chi connectivity index (χ4v) is 2.19. The number of phenols is 1. The molecule has 110 valence electrons. The third kappa shape index (κ3) is 2.33. The zero-order chi connectivity index (χ0) is 15.7. The van der Waals surface area contributed by atoms with Gasteiger partial charge in [-0.3, -0.25) is 9.59 Å². The van der Waals surface area contributed by atoms with Gasteiger partial charge in [0.05, 0.1) is 12.5 Å². The zero-order valence-corrected chi connectivity index (χ0v) is 11.7. The number of rotatable bonds is 2. The van der Waals surface area contributed by atoms with E-state index in [-0.39, 0.29) is 39.1 Å². The summed E-state index contributed by atoms with van der Waals surface area (Å²) >= 11 is 0. The number of hydrogen-bond donors (Lipinski definition) is 1. The van der Waals surface area contributed by atoms with Crippen molar-refractivity contribution in [3.63, 3.8) is 0 Å². The van der Waals surface area contributed by atoms with Crippen LogP contribution in [0.15, 0.2) is 62.5 Å². The Kier molecular flexibility index (Phi) is 3.39. The van der Waals surface area contributed by atoms with Crippen LogP contribution in [0.3, 0.4) is 0 Å². The minimum Gasteiger partial charge on any atom is -0.504 e. The molecule has 3 rings (SSSR count). The summed E-state index contributed by atoms with van der Waals surface area (Å²) in [6.07, 6.45) is 0. The summed E-state index contributed by atoms with van der Waals surface area (Å²) in [5.41, 5.74) is -0.152. The number of benzene rings is 1. The van der Waals surface area contributed by atoms with Crippen LogP contribution in [0.1, 0.15) is 0 Å². The summed E-state index contributed by atoms with van der Waals surface area (Å²) in [5.74, 6) is 0.464. The van der Waals surface area contributed by atoms with Crippen molar-refractivity contribution in [1.82, 2.24) is 0 Å². The minimum absolute atomic E-state index is 0.000424. The molecule has 0 bridgehead atoms. The Balaban J connectivity index is 2.32. The molecule has 22 heavy (non-hydrogen) atoms. The molecule has 2 aromatic carbocycles. The van der Waals surface area contributed by atoms with Gasteiger partial charge in [0.15, 0.2) is 22.5 Å². The third-order valence-corrected chi connectivity index (χ3v) is 3.29. The molecule has 0 unspecified atom stereocenters. The van der Waals surface area contributed by atoms with Crippen molar-refractivity contribution in [1.29, 1.82) is 0 Å². The molecule has 0 saturated heterocycles. The largest absolute Gasteiger partial charge is 0.504 e. The van der Waals surface area contributed by atoms with Crippen LogP contribution in [0.5, 0.6) is 11.5 Å². The second-order valence-corrected chi connectivity index (χ2v) is 4.69. The Morgan fingerprint density at radius 1 is 1.00 bits per heavy atom. The highest BCUT2D eigenvalue weighted by atomic mass is 16.5. The summed E-state index contributed by atoms with van der Waals surface area (Å²) in [6, 6.07) is 11.9. The van der Waals surface area contributed by atoms with Gasteiger partial charge in [-0.25, -0.2) is 0 Å². The van der Waals surface area contributed by atoms with Crippen LogP contribution in [0.4, 0.5) is 0 Å². The second kappa shape index (κ2) is 5.37. The highest BCUT2D eigenvalue weighted by Gasteiger charge is 2.10. The maximum Gasteiger partial charge on any atom is 0.221 e. The van der Waals surface area contributed by atoms with E-state index in [1.54, 1.807) is 24.3 Å². The molecule has 0 atom stereocenters. The number of methoxy groups -OCH3 is 1. The van der Waals surface area contributed by atoms with Gasteiger partial charge in [-0.1, -0.05) is 12.1 Å². The van der Waals surface area contributed by atoms with Crippen LogP contribution >= 0.6 is 0 Å². The lowest BCUT2D eigenvalue weighted by molar-refractivity contribution is 0.373. The number of aromatic hydroxyl groups is 1. The first-order valence-electron chi connectivity index (χ1n) is 6.55. The van der Waals surface area contributed by atoms with Gasteiger partial charge < -0.3 is 14.3 Å². The zero-order valence-electron chi connectivity index (χ0n) is 11.7. The number of phenolic OH excluding ortho intramolecular Hbond substituents is 1. The van der Waals surface area contributed by atoms with Crippen LogP contribution in [0.2, 0.25) is 0 Å². The smallest absolute Gasteiger partial charge is 0.221 e. The first-order chi connectivity index (χ1) is 10.6. The van der Waals surface area contributed by atoms with E-state index in [9.17, 15) is 14.7 Å². The summed E-state index contributed by atoms with van der Waals surface area (Å²) in [5, 5.41) is 9.84. The van der Waals surface area contributed by atoms with Crippen molar-refractivity contribution < 1.29 is 14.3 Å². The molecule has 0 spiro atoms. The molecule has 0 aliphatic carbocycles. The van der Waals surface area contributed by atoms with Crippen LogP contribution in [-0.4, -0.2) is 12.2 Å². The Labute approximate surface area is 125 Å². The predicted molar refractivity (Wildman–Crippen MR) is 82.4 cm³/mol. The lowest BCUT2D eigenvalue weighted by Crippen LogP contribution is -2.05. The van der Waals surface area contributed by atoms with Gasteiger partial charge in [0.25, 0.3) is 0 Å². The van der Waals surface area contributed by atoms with E-state index in [1.165, 1.54) is 31.4 Å². The van der Waals surface area contributed by atoms with Crippen LogP contribution in [-0.2, 0) is 0 Å². The SMILES string of the molecule is COc1cc(-c2cc(=O)c3ccccc(=O)c3o2)ccc1O. The Morgan fingerprint density at radius 3 is 2.55 bits per heavy atom. The van der Waals surface area contributed by atoms with Gasteiger partial charge in [0.2, 0.25) is 5.43 Å². The Bertz CT molecular complexity index is 972. The van der Waals surface area contributed by atoms with Gasteiger partial charge in [-0.05, 0) is 30.3 Å². The molecule has 1 heterocycles. The van der Waals surface area contributed by atoms with Gasteiger partial charge in [0, 0.05) is 11.6 Å². The normalized spacial score (nSPS) is 10.6. The predicted octanol–water partition coefficient (Wildman–Crippen LogP) is 2.53. The standard InChI is InChI=1S/C17H12O5/c1-21-16-8-10(6-7-12(16)18)15-9-14(20)11-4-2-3-5-13(19)17(11)22-15/h2-9,18H,1H3. The van der Waals surface area contributed by atoms with E-state index < -0.39 is 0 Å². The molecule has 3 aromatic rings. The van der Waals surface area contributed by atoms with Gasteiger partial charge in [0.1, 0.15) is 5.76 Å². The lowest BCUT2D eigenvalue weighted by Gasteiger charge is -2.06. The van der Waals surface area contributed by atoms with Crippen molar-refractivity contribution in [2.45, 2.75) is 0 Å². The summed E-state index contributed by atoms with van der Waals surface area (Å²) < 4.78 is 10.6. The number of ether oxygens (including phenoxy) is 1. The fourth-order valence-electron chi connectivity index (χ4n) is 2.19. The number of hydrogen-bond acceptors (Lipinski definition) is 5. The second-order valence-electron chi connectivity index (χ2n) is 4.69. The van der Waals surface area contributed by atoms with Crippen molar-refractivity contribution in [2.75, 3.05) is 7.11 Å². The van der Waals surface area contributed by atoms with Crippen LogP contribution < -0.4 is 15.6 Å². The first kappa shape index (κ1) is 13.9. The van der Waals surface area contributed by atoms with Crippen molar-refractivity contribution in [2.24, 2.45) is 0 Å². The van der Waals surface area contributed by atoms with Gasteiger partial charge in [-0.2, -0.15) is 0 Å². The minimum atomic E-state index is -0.371. The quantitative estimate of drug-likeness (QED) is 0.786. The molecule has 0 fully saturated rings. The average molecular weight is 296 g/mol.